The van der Waals surface area contributed by atoms with Gasteiger partial charge in [-0.3, -0.25) is 9.59 Å². The molecular weight excluding hydrogens is 288 g/mol. The minimum Gasteiger partial charge on any atom is -0.481 e. The topological polar surface area (TPSA) is 54.4 Å². The SMILES string of the molecule is Cc1ccccc1C1c2c(C)cccc2C(=O)CC1CC(=O)O. The highest BCUT2D eigenvalue weighted by atomic mass is 16.4. The maximum Gasteiger partial charge on any atom is 0.303 e. The molecule has 0 amide bonds. The lowest BCUT2D eigenvalue weighted by Gasteiger charge is -2.34. The zero-order valence-electron chi connectivity index (χ0n) is 13.4. The minimum absolute atomic E-state index is 0.0124. The summed E-state index contributed by atoms with van der Waals surface area (Å²) in [7, 11) is 0. The quantitative estimate of drug-likeness (QED) is 0.928. The van der Waals surface area contributed by atoms with Crippen LogP contribution in [0, 0.1) is 19.8 Å². The van der Waals surface area contributed by atoms with Gasteiger partial charge < -0.3 is 5.11 Å². The third-order valence-electron chi connectivity index (χ3n) is 4.81. The van der Waals surface area contributed by atoms with Crippen molar-refractivity contribution in [2.24, 2.45) is 5.92 Å². The molecule has 1 aliphatic rings. The summed E-state index contributed by atoms with van der Waals surface area (Å²) in [4.78, 5) is 23.8. The third kappa shape index (κ3) is 2.79. The number of benzene rings is 2. The van der Waals surface area contributed by atoms with E-state index >= 15 is 0 Å². The molecule has 3 heteroatoms. The van der Waals surface area contributed by atoms with Crippen LogP contribution in [0.25, 0.3) is 0 Å². The molecule has 0 heterocycles. The van der Waals surface area contributed by atoms with Crippen molar-refractivity contribution in [1.82, 2.24) is 0 Å². The first-order chi connectivity index (χ1) is 11.0. The lowest BCUT2D eigenvalue weighted by molar-refractivity contribution is -0.138. The van der Waals surface area contributed by atoms with Crippen LogP contribution in [0.3, 0.4) is 0 Å². The van der Waals surface area contributed by atoms with Crippen molar-refractivity contribution in [3.05, 3.63) is 70.3 Å². The van der Waals surface area contributed by atoms with Crippen molar-refractivity contribution in [2.75, 3.05) is 0 Å². The van der Waals surface area contributed by atoms with E-state index in [9.17, 15) is 14.7 Å². The summed E-state index contributed by atoms with van der Waals surface area (Å²) in [6.45, 7) is 4.04. The van der Waals surface area contributed by atoms with Crippen molar-refractivity contribution in [2.45, 2.75) is 32.6 Å². The van der Waals surface area contributed by atoms with Crippen LogP contribution >= 0.6 is 0 Å². The van der Waals surface area contributed by atoms with E-state index in [0.717, 1.165) is 27.8 Å². The number of carboxylic acid groups (broad SMARTS) is 1. The number of rotatable bonds is 3. The summed E-state index contributed by atoms with van der Waals surface area (Å²) in [5, 5.41) is 9.29. The van der Waals surface area contributed by atoms with Gasteiger partial charge in [-0.2, -0.15) is 0 Å². The molecule has 1 aliphatic carbocycles. The van der Waals surface area contributed by atoms with Gasteiger partial charge in [0.2, 0.25) is 0 Å². The molecule has 0 fully saturated rings. The second-order valence-electron chi connectivity index (χ2n) is 6.36. The van der Waals surface area contributed by atoms with Gasteiger partial charge in [0, 0.05) is 24.3 Å². The van der Waals surface area contributed by atoms with Crippen LogP contribution < -0.4 is 0 Å². The number of aryl methyl sites for hydroxylation is 2. The molecular formula is C20H20O3. The maximum absolute atomic E-state index is 12.5. The van der Waals surface area contributed by atoms with Gasteiger partial charge >= 0.3 is 5.97 Å². The molecule has 0 saturated heterocycles. The van der Waals surface area contributed by atoms with Crippen molar-refractivity contribution < 1.29 is 14.7 Å². The van der Waals surface area contributed by atoms with Gasteiger partial charge in [0.1, 0.15) is 0 Å². The van der Waals surface area contributed by atoms with Gasteiger partial charge in [0.15, 0.2) is 5.78 Å². The van der Waals surface area contributed by atoms with E-state index in [1.54, 1.807) is 0 Å². The molecule has 2 atom stereocenters. The summed E-state index contributed by atoms with van der Waals surface area (Å²) < 4.78 is 0. The molecule has 0 bridgehead atoms. The van der Waals surface area contributed by atoms with Crippen LogP contribution in [0.2, 0.25) is 0 Å². The number of ketones is 1. The Balaban J connectivity index is 2.22. The van der Waals surface area contributed by atoms with Crippen LogP contribution in [0.1, 0.15) is 51.4 Å². The lowest BCUT2D eigenvalue weighted by atomic mass is 9.68. The Morgan fingerprint density at radius 1 is 1.09 bits per heavy atom. The Hall–Kier alpha value is -2.42. The predicted molar refractivity (Wildman–Crippen MR) is 88.9 cm³/mol. The Labute approximate surface area is 136 Å². The molecule has 0 aromatic heterocycles. The van der Waals surface area contributed by atoms with E-state index in [2.05, 4.69) is 6.07 Å². The second-order valence-corrected chi connectivity index (χ2v) is 6.36. The summed E-state index contributed by atoms with van der Waals surface area (Å²) in [6, 6.07) is 13.8. The maximum atomic E-state index is 12.5. The van der Waals surface area contributed by atoms with Crippen LogP contribution in [0.4, 0.5) is 0 Å². The van der Waals surface area contributed by atoms with E-state index in [4.69, 9.17) is 0 Å². The molecule has 23 heavy (non-hydrogen) atoms. The molecule has 0 saturated carbocycles. The fraction of sp³-hybridized carbons (Fsp3) is 0.300. The molecule has 0 aliphatic heterocycles. The molecule has 3 rings (SSSR count). The van der Waals surface area contributed by atoms with Crippen molar-refractivity contribution in [1.29, 1.82) is 0 Å². The number of aliphatic carboxylic acids is 1. The van der Waals surface area contributed by atoms with Gasteiger partial charge in [0.05, 0.1) is 0 Å². The fourth-order valence-electron chi connectivity index (χ4n) is 3.80. The van der Waals surface area contributed by atoms with E-state index in [1.807, 2.05) is 50.2 Å². The van der Waals surface area contributed by atoms with E-state index in [0.29, 0.717) is 6.42 Å². The Bertz CT molecular complexity index is 776. The standard InChI is InChI=1S/C20H20O3/c1-12-6-3-4-8-15(12)20-14(11-18(22)23)10-17(21)16-9-5-7-13(2)19(16)20/h3-9,14,20H,10-11H2,1-2H3,(H,22,23). The van der Waals surface area contributed by atoms with E-state index in [-0.39, 0.29) is 24.0 Å². The normalized spacial score (nSPS) is 20.2. The highest BCUT2D eigenvalue weighted by Gasteiger charge is 2.37. The lowest BCUT2D eigenvalue weighted by Crippen LogP contribution is -2.29. The van der Waals surface area contributed by atoms with E-state index in [1.165, 1.54) is 0 Å². The minimum atomic E-state index is -0.849. The summed E-state index contributed by atoms with van der Waals surface area (Å²) in [5.41, 5.74) is 5.07. The average molecular weight is 308 g/mol. The Morgan fingerprint density at radius 2 is 1.78 bits per heavy atom. The zero-order valence-corrected chi connectivity index (χ0v) is 13.4. The highest BCUT2D eigenvalue weighted by Crippen LogP contribution is 2.44. The molecule has 2 unspecified atom stereocenters. The molecule has 118 valence electrons. The summed E-state index contributed by atoms with van der Waals surface area (Å²) in [5.74, 6) is -1.03. The Morgan fingerprint density at radius 3 is 2.48 bits per heavy atom. The number of fused-ring (bicyclic) bond motifs is 1. The number of hydrogen-bond acceptors (Lipinski definition) is 2. The molecule has 0 spiro atoms. The first-order valence-corrected chi connectivity index (χ1v) is 7.89. The smallest absolute Gasteiger partial charge is 0.303 e. The summed E-state index contributed by atoms with van der Waals surface area (Å²) >= 11 is 0. The second kappa shape index (κ2) is 5.99. The van der Waals surface area contributed by atoms with Crippen molar-refractivity contribution >= 4 is 11.8 Å². The number of carbonyl (C=O) groups is 2. The van der Waals surface area contributed by atoms with Crippen molar-refractivity contribution in [3.63, 3.8) is 0 Å². The monoisotopic (exact) mass is 308 g/mol. The van der Waals surface area contributed by atoms with Gasteiger partial charge in [-0.15, -0.1) is 0 Å². The first kappa shape index (κ1) is 15.5. The zero-order chi connectivity index (χ0) is 16.6. The van der Waals surface area contributed by atoms with Crippen LogP contribution in [0.5, 0.6) is 0 Å². The van der Waals surface area contributed by atoms with Crippen LogP contribution in [0.15, 0.2) is 42.5 Å². The average Bonchev–Trinajstić information content (AvgIpc) is 2.49. The third-order valence-corrected chi connectivity index (χ3v) is 4.81. The predicted octanol–water partition coefficient (Wildman–Crippen LogP) is 4.11. The van der Waals surface area contributed by atoms with Crippen LogP contribution in [-0.4, -0.2) is 16.9 Å². The van der Waals surface area contributed by atoms with Gasteiger partial charge in [-0.1, -0.05) is 42.5 Å². The largest absolute Gasteiger partial charge is 0.481 e. The highest BCUT2D eigenvalue weighted by molar-refractivity contribution is 6.00. The number of carbonyl (C=O) groups excluding carboxylic acids is 1. The number of Topliss-reactive ketones (excluding diaryl/α,β-unsaturated/α-hetero) is 1. The van der Waals surface area contributed by atoms with Gasteiger partial charge in [-0.05, 0) is 42.0 Å². The van der Waals surface area contributed by atoms with Gasteiger partial charge in [0.25, 0.3) is 0 Å². The fourth-order valence-corrected chi connectivity index (χ4v) is 3.80. The van der Waals surface area contributed by atoms with Gasteiger partial charge in [-0.25, -0.2) is 0 Å². The molecule has 0 radical (unpaired) electrons. The summed E-state index contributed by atoms with van der Waals surface area (Å²) in [6.07, 6.45) is 0.306. The van der Waals surface area contributed by atoms with Crippen LogP contribution in [-0.2, 0) is 4.79 Å². The van der Waals surface area contributed by atoms with Crippen molar-refractivity contribution in [3.8, 4) is 0 Å². The number of carboxylic acids is 1. The number of hydrogen-bond donors (Lipinski definition) is 1. The van der Waals surface area contributed by atoms with E-state index < -0.39 is 5.97 Å². The first-order valence-electron chi connectivity index (χ1n) is 7.89. The molecule has 2 aromatic carbocycles. The Kier molecular flexibility index (Phi) is 4.03. The molecule has 3 nitrogen and oxygen atoms in total. The molecule has 2 aromatic rings. The molecule has 1 N–H and O–H groups in total.